The number of aryl methyl sites for hydroxylation is 2. The molecule has 0 bridgehead atoms. The van der Waals surface area contributed by atoms with Crippen LogP contribution in [-0.2, 0) is 11.2 Å². The summed E-state index contributed by atoms with van der Waals surface area (Å²) < 4.78 is 5.65. The molecule has 0 aliphatic carbocycles. The van der Waals surface area contributed by atoms with Gasteiger partial charge in [-0.3, -0.25) is 4.79 Å². The van der Waals surface area contributed by atoms with Gasteiger partial charge < -0.3 is 15.4 Å². The molecule has 0 unspecified atom stereocenters. The van der Waals surface area contributed by atoms with Crippen LogP contribution in [0.25, 0.3) is 0 Å². The minimum Gasteiger partial charge on any atom is -0.492 e. The van der Waals surface area contributed by atoms with Crippen molar-refractivity contribution < 1.29 is 9.53 Å². The average Bonchev–Trinajstić information content (AvgIpc) is 2.55. The van der Waals surface area contributed by atoms with Gasteiger partial charge in [0.25, 0.3) is 0 Å². The molecule has 0 aromatic heterocycles. The van der Waals surface area contributed by atoms with Crippen molar-refractivity contribution in [2.45, 2.75) is 19.8 Å². The topological polar surface area (TPSA) is 55.6 Å². The molecule has 2 aromatic rings. The SMILES string of the molecule is Cc1ccc(OCCN(C)C(=O)CCc2ccccc2N)cc1.Cl. The molecule has 0 saturated carbocycles. The van der Waals surface area contributed by atoms with Gasteiger partial charge in [-0.05, 0) is 37.1 Å². The van der Waals surface area contributed by atoms with Crippen LogP contribution in [0.3, 0.4) is 0 Å². The first-order valence-electron chi connectivity index (χ1n) is 7.83. The maximum absolute atomic E-state index is 12.1. The van der Waals surface area contributed by atoms with Crippen molar-refractivity contribution in [2.24, 2.45) is 0 Å². The summed E-state index contributed by atoms with van der Waals surface area (Å²) in [7, 11) is 1.80. The fraction of sp³-hybridized carbons (Fsp3) is 0.316. The quantitative estimate of drug-likeness (QED) is 0.779. The van der Waals surface area contributed by atoms with E-state index >= 15 is 0 Å². The maximum Gasteiger partial charge on any atom is 0.222 e. The van der Waals surface area contributed by atoms with Crippen molar-refractivity contribution in [1.82, 2.24) is 4.90 Å². The molecule has 2 rings (SSSR count). The van der Waals surface area contributed by atoms with Gasteiger partial charge in [-0.1, -0.05) is 35.9 Å². The Morgan fingerprint density at radius 2 is 1.79 bits per heavy atom. The van der Waals surface area contributed by atoms with E-state index in [0.717, 1.165) is 17.0 Å². The number of rotatable bonds is 7. The molecule has 0 atom stereocenters. The predicted molar refractivity (Wildman–Crippen MR) is 101 cm³/mol. The van der Waals surface area contributed by atoms with Crippen LogP contribution in [0.2, 0.25) is 0 Å². The third-order valence-corrected chi connectivity index (χ3v) is 3.81. The fourth-order valence-electron chi connectivity index (χ4n) is 2.25. The monoisotopic (exact) mass is 348 g/mol. The fourth-order valence-corrected chi connectivity index (χ4v) is 2.25. The second kappa shape index (κ2) is 9.83. The van der Waals surface area contributed by atoms with Crippen LogP contribution in [0.5, 0.6) is 5.75 Å². The molecule has 1 amide bonds. The zero-order chi connectivity index (χ0) is 16.7. The number of carbonyl (C=O) groups excluding carboxylic acids is 1. The molecule has 0 saturated heterocycles. The Hall–Kier alpha value is -2.20. The highest BCUT2D eigenvalue weighted by molar-refractivity contribution is 5.85. The third kappa shape index (κ3) is 6.13. The lowest BCUT2D eigenvalue weighted by Gasteiger charge is -2.18. The van der Waals surface area contributed by atoms with Crippen LogP contribution in [0, 0.1) is 6.92 Å². The summed E-state index contributed by atoms with van der Waals surface area (Å²) in [5.41, 5.74) is 8.85. The van der Waals surface area contributed by atoms with Crippen molar-refractivity contribution in [3.05, 3.63) is 59.7 Å². The van der Waals surface area contributed by atoms with E-state index in [-0.39, 0.29) is 18.3 Å². The normalized spacial score (nSPS) is 9.92. The third-order valence-electron chi connectivity index (χ3n) is 3.81. The number of anilines is 1. The number of benzene rings is 2. The smallest absolute Gasteiger partial charge is 0.222 e. The van der Waals surface area contributed by atoms with E-state index in [1.54, 1.807) is 11.9 Å². The lowest BCUT2D eigenvalue weighted by molar-refractivity contribution is -0.130. The number of likely N-dealkylation sites (N-methyl/N-ethyl adjacent to an activating group) is 1. The molecule has 5 heteroatoms. The molecule has 0 fully saturated rings. The number of halogens is 1. The summed E-state index contributed by atoms with van der Waals surface area (Å²) in [6, 6.07) is 15.6. The van der Waals surface area contributed by atoms with Crippen molar-refractivity contribution in [3.8, 4) is 5.75 Å². The number of hydrogen-bond acceptors (Lipinski definition) is 3. The van der Waals surface area contributed by atoms with Crippen molar-refractivity contribution in [3.63, 3.8) is 0 Å². The van der Waals surface area contributed by atoms with Gasteiger partial charge in [0.2, 0.25) is 5.91 Å². The van der Waals surface area contributed by atoms with E-state index in [4.69, 9.17) is 10.5 Å². The second-order valence-corrected chi connectivity index (χ2v) is 5.68. The Balaban J connectivity index is 0.00000288. The van der Waals surface area contributed by atoms with Gasteiger partial charge in [0, 0.05) is 19.2 Å². The lowest BCUT2D eigenvalue weighted by atomic mass is 10.1. The summed E-state index contributed by atoms with van der Waals surface area (Å²) in [6.45, 7) is 3.09. The standard InChI is InChI=1S/C19H24N2O2.ClH/c1-15-7-10-17(11-8-15)23-14-13-21(2)19(22)12-9-16-5-3-4-6-18(16)20;/h3-8,10-11H,9,12-14,20H2,1-2H3;1H. The van der Waals surface area contributed by atoms with E-state index < -0.39 is 0 Å². The zero-order valence-corrected chi connectivity index (χ0v) is 15.0. The van der Waals surface area contributed by atoms with E-state index in [1.807, 2.05) is 55.5 Å². The molecule has 0 heterocycles. The summed E-state index contributed by atoms with van der Waals surface area (Å²) >= 11 is 0. The average molecular weight is 349 g/mol. The molecule has 4 nitrogen and oxygen atoms in total. The molecule has 0 radical (unpaired) electrons. The van der Waals surface area contributed by atoms with E-state index in [9.17, 15) is 4.79 Å². The Kier molecular flexibility index (Phi) is 8.13. The van der Waals surface area contributed by atoms with Crippen molar-refractivity contribution in [2.75, 3.05) is 25.9 Å². The van der Waals surface area contributed by atoms with Crippen molar-refractivity contribution >= 4 is 24.0 Å². The molecule has 2 N–H and O–H groups in total. The van der Waals surface area contributed by atoms with Gasteiger partial charge in [-0.2, -0.15) is 0 Å². The van der Waals surface area contributed by atoms with E-state index in [2.05, 4.69) is 0 Å². The molecule has 0 aliphatic heterocycles. The zero-order valence-electron chi connectivity index (χ0n) is 14.2. The predicted octanol–water partition coefficient (Wildman–Crippen LogP) is 3.47. The first-order chi connectivity index (χ1) is 11.1. The highest BCUT2D eigenvalue weighted by Gasteiger charge is 2.09. The Labute approximate surface area is 150 Å². The number of para-hydroxylation sites is 1. The molecule has 24 heavy (non-hydrogen) atoms. The Morgan fingerprint density at radius 3 is 2.46 bits per heavy atom. The minimum absolute atomic E-state index is 0. The second-order valence-electron chi connectivity index (χ2n) is 5.68. The summed E-state index contributed by atoms with van der Waals surface area (Å²) in [5, 5.41) is 0. The van der Waals surface area contributed by atoms with Gasteiger partial charge in [-0.25, -0.2) is 0 Å². The molecule has 130 valence electrons. The van der Waals surface area contributed by atoms with Crippen LogP contribution in [-0.4, -0.2) is 31.0 Å². The van der Waals surface area contributed by atoms with Gasteiger partial charge in [-0.15, -0.1) is 12.4 Å². The van der Waals surface area contributed by atoms with Crippen LogP contribution >= 0.6 is 12.4 Å². The summed E-state index contributed by atoms with van der Waals surface area (Å²) in [5.74, 6) is 0.925. The number of carbonyl (C=O) groups is 1. The van der Waals surface area contributed by atoms with Crippen LogP contribution in [0.4, 0.5) is 5.69 Å². The molecule has 0 spiro atoms. The van der Waals surface area contributed by atoms with Gasteiger partial charge in [0.1, 0.15) is 12.4 Å². The highest BCUT2D eigenvalue weighted by Crippen LogP contribution is 2.13. The van der Waals surface area contributed by atoms with Gasteiger partial charge >= 0.3 is 0 Å². The lowest BCUT2D eigenvalue weighted by Crippen LogP contribution is -2.31. The molecular weight excluding hydrogens is 324 g/mol. The number of hydrogen-bond donors (Lipinski definition) is 1. The number of amides is 1. The van der Waals surface area contributed by atoms with Gasteiger partial charge in [0.05, 0.1) is 6.54 Å². The highest BCUT2D eigenvalue weighted by atomic mass is 35.5. The maximum atomic E-state index is 12.1. The minimum atomic E-state index is 0. The van der Waals surface area contributed by atoms with E-state index in [0.29, 0.717) is 26.0 Å². The molecular formula is C19H25ClN2O2. The Morgan fingerprint density at radius 1 is 1.12 bits per heavy atom. The Bertz CT molecular complexity index is 644. The largest absolute Gasteiger partial charge is 0.492 e. The molecule has 0 aliphatic rings. The molecule has 2 aromatic carbocycles. The van der Waals surface area contributed by atoms with E-state index in [1.165, 1.54) is 5.56 Å². The summed E-state index contributed by atoms with van der Waals surface area (Å²) in [4.78, 5) is 13.8. The first-order valence-corrected chi connectivity index (χ1v) is 7.83. The van der Waals surface area contributed by atoms with Crippen LogP contribution in [0.1, 0.15) is 17.5 Å². The number of nitrogen functional groups attached to an aromatic ring is 1. The van der Waals surface area contributed by atoms with Crippen molar-refractivity contribution in [1.29, 1.82) is 0 Å². The van der Waals surface area contributed by atoms with Gasteiger partial charge in [0.15, 0.2) is 0 Å². The summed E-state index contributed by atoms with van der Waals surface area (Å²) in [6.07, 6.45) is 1.11. The first kappa shape index (κ1) is 19.8. The number of nitrogens with zero attached hydrogens (tertiary/aromatic N) is 1. The number of ether oxygens (including phenoxy) is 1. The van der Waals surface area contributed by atoms with Crippen LogP contribution < -0.4 is 10.5 Å². The number of nitrogens with two attached hydrogens (primary N) is 1. The van der Waals surface area contributed by atoms with Crippen LogP contribution in [0.15, 0.2) is 48.5 Å².